The van der Waals surface area contributed by atoms with Crippen molar-refractivity contribution in [3.05, 3.63) is 46.9 Å². The van der Waals surface area contributed by atoms with E-state index in [-0.39, 0.29) is 18.0 Å². The number of fused-ring (bicyclic) bond motifs is 1. The molecular weight excluding hydrogens is 420 g/mol. The number of aromatic nitrogens is 3. The number of benzene rings is 1. The Labute approximate surface area is 191 Å². The molecule has 0 radical (unpaired) electrons. The maximum absolute atomic E-state index is 13.0. The monoisotopic (exact) mass is 448 g/mol. The number of piperazine rings is 2. The van der Waals surface area contributed by atoms with Gasteiger partial charge in [0.1, 0.15) is 11.3 Å². The first-order chi connectivity index (χ1) is 16.0. The van der Waals surface area contributed by atoms with Gasteiger partial charge in [-0.25, -0.2) is 4.98 Å². The van der Waals surface area contributed by atoms with E-state index in [1.165, 1.54) is 15.2 Å². The minimum atomic E-state index is -0.251. The van der Waals surface area contributed by atoms with Gasteiger partial charge in [0.25, 0.3) is 5.56 Å². The number of amides is 1. The third kappa shape index (κ3) is 4.27. The molecule has 2 N–H and O–H groups in total. The Balaban J connectivity index is 1.37. The average molecular weight is 449 g/mol. The summed E-state index contributed by atoms with van der Waals surface area (Å²) in [5, 5.41) is 6.95. The number of hydrogen-bond acceptors (Lipinski definition) is 8. The van der Waals surface area contributed by atoms with Crippen molar-refractivity contribution in [3.63, 3.8) is 0 Å². The lowest BCUT2D eigenvalue weighted by molar-refractivity contribution is -0.118. The molecule has 4 heterocycles. The molecule has 172 valence electrons. The van der Waals surface area contributed by atoms with Crippen LogP contribution < -0.4 is 26.0 Å². The Bertz CT molecular complexity index is 1230. The van der Waals surface area contributed by atoms with E-state index in [9.17, 15) is 9.59 Å². The maximum atomic E-state index is 13.0. The summed E-state index contributed by atoms with van der Waals surface area (Å²) in [7, 11) is 3.82. The normalized spacial score (nSPS) is 17.6. The topological polar surface area (TPSA) is 98.6 Å². The Morgan fingerprint density at radius 2 is 1.76 bits per heavy atom. The molecule has 0 spiro atoms. The third-order valence-electron chi connectivity index (χ3n) is 6.30. The van der Waals surface area contributed by atoms with E-state index in [0.29, 0.717) is 35.8 Å². The molecule has 10 nitrogen and oxygen atoms in total. The predicted molar refractivity (Wildman–Crippen MR) is 129 cm³/mol. The number of anilines is 4. The fraction of sp³-hybridized carbons (Fsp3) is 0.391. The number of aryl methyl sites for hydroxylation is 1. The summed E-state index contributed by atoms with van der Waals surface area (Å²) in [6.45, 7) is 5.51. The molecular formula is C23H28N8O2. The second-order valence-corrected chi connectivity index (χ2v) is 8.55. The minimum Gasteiger partial charge on any atom is -0.369 e. The van der Waals surface area contributed by atoms with Gasteiger partial charge in [0.05, 0.1) is 6.54 Å². The Kier molecular flexibility index (Phi) is 5.69. The number of carbonyl (C=O) groups is 1. The molecule has 0 bridgehead atoms. The fourth-order valence-electron chi connectivity index (χ4n) is 4.29. The SMILES string of the molecule is CN1CCN(c2ccc(Nc3ncc4cc(N5CCNCC5=O)c(=O)n(C)c4n3)cc2)CC1. The molecule has 2 aromatic heterocycles. The lowest BCUT2D eigenvalue weighted by atomic mass is 10.2. The number of nitrogens with one attached hydrogen (secondary N) is 2. The van der Waals surface area contributed by atoms with Gasteiger partial charge in [-0.2, -0.15) is 4.98 Å². The minimum absolute atomic E-state index is 0.114. The standard InChI is InChI=1S/C23H28N8O2/c1-28-9-11-30(12-10-28)18-5-3-17(4-6-18)26-23-25-14-16-13-19(22(33)29(2)21(16)27-23)31-8-7-24-15-20(31)32/h3-6,13-14,24H,7-12,15H2,1-2H3,(H,25,26,27). The van der Waals surface area contributed by atoms with Crippen LogP contribution in [0.15, 0.2) is 41.3 Å². The molecule has 2 fully saturated rings. The molecule has 3 aromatic rings. The smallest absolute Gasteiger partial charge is 0.275 e. The molecule has 0 atom stereocenters. The Morgan fingerprint density at radius 1 is 1.00 bits per heavy atom. The summed E-state index contributed by atoms with van der Waals surface area (Å²) in [4.78, 5) is 40.5. The van der Waals surface area contributed by atoms with Crippen LogP contribution in [0.1, 0.15) is 0 Å². The van der Waals surface area contributed by atoms with Crippen molar-refractivity contribution in [3.8, 4) is 0 Å². The van der Waals surface area contributed by atoms with Gasteiger partial charge in [-0.05, 0) is 37.4 Å². The first kappa shape index (κ1) is 21.4. The van der Waals surface area contributed by atoms with E-state index < -0.39 is 0 Å². The highest BCUT2D eigenvalue weighted by molar-refractivity contribution is 5.97. The molecule has 2 aliphatic heterocycles. The third-order valence-corrected chi connectivity index (χ3v) is 6.30. The summed E-state index contributed by atoms with van der Waals surface area (Å²) in [5.74, 6) is 0.299. The van der Waals surface area contributed by atoms with Crippen molar-refractivity contribution in [2.75, 3.05) is 68.0 Å². The Hall–Kier alpha value is -3.50. The number of rotatable bonds is 4. The van der Waals surface area contributed by atoms with E-state index in [2.05, 4.69) is 49.6 Å². The first-order valence-electron chi connectivity index (χ1n) is 11.2. The first-order valence-corrected chi connectivity index (χ1v) is 11.2. The van der Waals surface area contributed by atoms with Crippen molar-refractivity contribution in [2.45, 2.75) is 0 Å². The quantitative estimate of drug-likeness (QED) is 0.604. The fourth-order valence-corrected chi connectivity index (χ4v) is 4.29. The molecule has 5 rings (SSSR count). The zero-order valence-corrected chi connectivity index (χ0v) is 18.9. The van der Waals surface area contributed by atoms with Gasteiger partial charge in [0, 0.05) is 69.3 Å². The van der Waals surface area contributed by atoms with Crippen LogP contribution in [0, 0.1) is 0 Å². The van der Waals surface area contributed by atoms with Gasteiger partial charge < -0.3 is 25.3 Å². The van der Waals surface area contributed by atoms with E-state index >= 15 is 0 Å². The van der Waals surface area contributed by atoms with Crippen molar-refractivity contribution in [1.82, 2.24) is 24.8 Å². The highest BCUT2D eigenvalue weighted by atomic mass is 16.2. The van der Waals surface area contributed by atoms with Crippen LogP contribution >= 0.6 is 0 Å². The van der Waals surface area contributed by atoms with E-state index in [0.717, 1.165) is 31.9 Å². The van der Waals surface area contributed by atoms with Gasteiger partial charge in [-0.1, -0.05) is 0 Å². The maximum Gasteiger partial charge on any atom is 0.275 e. The molecule has 0 saturated carbocycles. The van der Waals surface area contributed by atoms with Crippen molar-refractivity contribution in [1.29, 1.82) is 0 Å². The summed E-state index contributed by atoms with van der Waals surface area (Å²) in [5.41, 5.74) is 2.70. The summed E-state index contributed by atoms with van der Waals surface area (Å²) in [6, 6.07) is 9.93. The van der Waals surface area contributed by atoms with Crippen LogP contribution in [-0.2, 0) is 11.8 Å². The average Bonchev–Trinajstić information content (AvgIpc) is 2.83. The summed E-state index contributed by atoms with van der Waals surface area (Å²) < 4.78 is 1.48. The largest absolute Gasteiger partial charge is 0.369 e. The number of nitrogens with zero attached hydrogens (tertiary/aromatic N) is 6. The zero-order chi connectivity index (χ0) is 22.9. The van der Waals surface area contributed by atoms with Crippen LogP contribution in [0.5, 0.6) is 0 Å². The van der Waals surface area contributed by atoms with E-state index in [4.69, 9.17) is 0 Å². The van der Waals surface area contributed by atoms with Crippen LogP contribution in [0.3, 0.4) is 0 Å². The van der Waals surface area contributed by atoms with Crippen molar-refractivity contribution < 1.29 is 4.79 Å². The lowest BCUT2D eigenvalue weighted by Crippen LogP contribution is -2.50. The van der Waals surface area contributed by atoms with Gasteiger partial charge in [-0.15, -0.1) is 0 Å². The van der Waals surface area contributed by atoms with Crippen molar-refractivity contribution in [2.24, 2.45) is 7.05 Å². The van der Waals surface area contributed by atoms with E-state index in [1.54, 1.807) is 19.3 Å². The lowest BCUT2D eigenvalue weighted by Gasteiger charge is -2.34. The summed E-state index contributed by atoms with van der Waals surface area (Å²) >= 11 is 0. The summed E-state index contributed by atoms with van der Waals surface area (Å²) in [6.07, 6.45) is 1.68. The Morgan fingerprint density at radius 3 is 2.48 bits per heavy atom. The molecule has 0 unspecified atom stereocenters. The van der Waals surface area contributed by atoms with Gasteiger partial charge >= 0.3 is 0 Å². The number of hydrogen-bond donors (Lipinski definition) is 2. The number of pyridine rings is 1. The zero-order valence-electron chi connectivity index (χ0n) is 18.9. The molecule has 0 aliphatic carbocycles. The number of likely N-dealkylation sites (N-methyl/N-ethyl adjacent to an activating group) is 1. The van der Waals surface area contributed by atoms with E-state index in [1.807, 2.05) is 12.1 Å². The van der Waals surface area contributed by atoms with Gasteiger partial charge in [-0.3, -0.25) is 14.2 Å². The van der Waals surface area contributed by atoms with Crippen LogP contribution in [-0.4, -0.2) is 78.2 Å². The van der Waals surface area contributed by atoms with Crippen LogP contribution in [0.25, 0.3) is 11.0 Å². The van der Waals surface area contributed by atoms with Crippen LogP contribution in [0.4, 0.5) is 23.0 Å². The molecule has 1 aromatic carbocycles. The van der Waals surface area contributed by atoms with Gasteiger partial charge in [0.2, 0.25) is 11.9 Å². The highest BCUT2D eigenvalue weighted by Gasteiger charge is 2.23. The molecule has 10 heteroatoms. The van der Waals surface area contributed by atoms with Crippen molar-refractivity contribution >= 4 is 40.0 Å². The molecule has 33 heavy (non-hydrogen) atoms. The molecule has 2 aliphatic rings. The molecule has 2 saturated heterocycles. The predicted octanol–water partition coefficient (Wildman–Crippen LogP) is 0.760. The second-order valence-electron chi connectivity index (χ2n) is 8.55. The molecule has 1 amide bonds. The highest BCUT2D eigenvalue weighted by Crippen LogP contribution is 2.22. The van der Waals surface area contributed by atoms with Crippen LogP contribution in [0.2, 0.25) is 0 Å². The number of carbonyl (C=O) groups excluding carboxylic acids is 1. The van der Waals surface area contributed by atoms with Gasteiger partial charge in [0.15, 0.2) is 0 Å². The second kappa shape index (κ2) is 8.80.